The van der Waals surface area contributed by atoms with Crippen molar-refractivity contribution in [3.63, 3.8) is 0 Å². The number of carbonyl (C=O) groups is 1. The molecule has 1 aromatic rings. The van der Waals surface area contributed by atoms with Crippen molar-refractivity contribution in [1.29, 1.82) is 0 Å². The highest BCUT2D eigenvalue weighted by atomic mass is 32.2. The first-order valence-electron chi connectivity index (χ1n) is 4.01. The summed E-state index contributed by atoms with van der Waals surface area (Å²) >= 11 is 0. The Hall–Kier alpha value is -1.44. The second-order valence-electron chi connectivity index (χ2n) is 2.75. The number of hydrogen-bond donors (Lipinski definition) is 3. The molecule has 0 radical (unpaired) electrons. The first kappa shape index (κ1) is 11.6. The summed E-state index contributed by atoms with van der Waals surface area (Å²) in [4.78, 5) is 10.6. The van der Waals surface area contributed by atoms with Crippen LogP contribution in [-0.4, -0.2) is 25.4 Å². The highest BCUT2D eigenvalue weighted by Crippen LogP contribution is 2.13. The standard InChI is InChI=1S/C8H10N2O4S/c9-5-8(11)10-6-1-3-7(4-2-6)15(12,13)14/h1-4H,5,9H2,(H,10,11)(H,12,13,14). The average Bonchev–Trinajstić information content (AvgIpc) is 2.17. The van der Waals surface area contributed by atoms with E-state index in [4.69, 9.17) is 10.3 Å². The predicted octanol–water partition coefficient (Wildman–Crippen LogP) is -0.170. The van der Waals surface area contributed by atoms with Crippen LogP contribution < -0.4 is 11.1 Å². The van der Waals surface area contributed by atoms with Gasteiger partial charge >= 0.3 is 0 Å². The minimum absolute atomic E-state index is 0.153. The van der Waals surface area contributed by atoms with Gasteiger partial charge in [-0.3, -0.25) is 9.35 Å². The first-order chi connectivity index (χ1) is 6.93. The monoisotopic (exact) mass is 230 g/mol. The van der Waals surface area contributed by atoms with E-state index in [-0.39, 0.29) is 17.3 Å². The molecule has 7 heteroatoms. The summed E-state index contributed by atoms with van der Waals surface area (Å²) in [6.07, 6.45) is 0. The van der Waals surface area contributed by atoms with E-state index in [9.17, 15) is 13.2 Å². The highest BCUT2D eigenvalue weighted by Gasteiger charge is 2.08. The number of amides is 1. The molecule has 0 aliphatic heterocycles. The van der Waals surface area contributed by atoms with Crippen LogP contribution in [0.1, 0.15) is 0 Å². The van der Waals surface area contributed by atoms with Gasteiger partial charge in [-0.1, -0.05) is 0 Å². The van der Waals surface area contributed by atoms with Gasteiger partial charge in [-0.2, -0.15) is 8.42 Å². The fraction of sp³-hybridized carbons (Fsp3) is 0.125. The molecule has 1 aromatic carbocycles. The van der Waals surface area contributed by atoms with Crippen LogP contribution in [0.3, 0.4) is 0 Å². The van der Waals surface area contributed by atoms with Gasteiger partial charge in [0.25, 0.3) is 10.1 Å². The van der Waals surface area contributed by atoms with E-state index in [0.29, 0.717) is 5.69 Å². The maximum Gasteiger partial charge on any atom is 0.294 e. The number of nitrogens with one attached hydrogen (secondary N) is 1. The van der Waals surface area contributed by atoms with Crippen LogP contribution in [-0.2, 0) is 14.9 Å². The van der Waals surface area contributed by atoms with Gasteiger partial charge in [0, 0.05) is 5.69 Å². The van der Waals surface area contributed by atoms with Crippen molar-refractivity contribution in [3.05, 3.63) is 24.3 Å². The molecule has 1 amide bonds. The smallest absolute Gasteiger partial charge is 0.294 e. The quantitative estimate of drug-likeness (QED) is 0.624. The Morgan fingerprint density at radius 3 is 2.27 bits per heavy atom. The molecule has 0 bridgehead atoms. The summed E-state index contributed by atoms with van der Waals surface area (Å²) in [5.74, 6) is -0.380. The van der Waals surface area contributed by atoms with Gasteiger partial charge in [-0.05, 0) is 24.3 Å². The van der Waals surface area contributed by atoms with Gasteiger partial charge < -0.3 is 11.1 Å². The summed E-state index contributed by atoms with van der Waals surface area (Å²) in [6.45, 7) is -0.153. The molecule has 4 N–H and O–H groups in total. The Bertz CT molecular complexity index is 452. The third kappa shape index (κ3) is 3.31. The molecule has 0 fully saturated rings. The number of nitrogens with two attached hydrogens (primary N) is 1. The second kappa shape index (κ2) is 4.39. The molecule has 0 atom stereocenters. The normalized spacial score (nSPS) is 11.1. The molecule has 0 aliphatic carbocycles. The van der Waals surface area contributed by atoms with E-state index in [1.807, 2.05) is 0 Å². The fourth-order valence-electron chi connectivity index (χ4n) is 0.922. The third-order valence-corrected chi connectivity index (χ3v) is 2.49. The minimum atomic E-state index is -4.19. The van der Waals surface area contributed by atoms with Crippen LogP contribution in [0, 0.1) is 0 Å². The molecule has 0 heterocycles. The lowest BCUT2D eigenvalue weighted by molar-refractivity contribution is -0.114. The largest absolute Gasteiger partial charge is 0.325 e. The van der Waals surface area contributed by atoms with Crippen LogP contribution in [0.4, 0.5) is 5.69 Å². The molecule has 0 aromatic heterocycles. The maximum absolute atomic E-state index is 10.9. The van der Waals surface area contributed by atoms with E-state index >= 15 is 0 Å². The number of hydrogen-bond acceptors (Lipinski definition) is 4. The van der Waals surface area contributed by atoms with Gasteiger partial charge in [0.2, 0.25) is 5.91 Å². The Labute approximate surface area is 86.8 Å². The highest BCUT2D eigenvalue weighted by molar-refractivity contribution is 7.85. The van der Waals surface area contributed by atoms with Crippen LogP contribution in [0.2, 0.25) is 0 Å². The SMILES string of the molecule is NCC(=O)Nc1ccc(S(=O)(=O)O)cc1. The van der Waals surface area contributed by atoms with E-state index in [0.717, 1.165) is 0 Å². The topological polar surface area (TPSA) is 109 Å². The molecule has 0 saturated heterocycles. The molecule has 0 aliphatic rings. The van der Waals surface area contributed by atoms with E-state index < -0.39 is 10.1 Å². The lowest BCUT2D eigenvalue weighted by Gasteiger charge is -2.03. The zero-order valence-electron chi connectivity index (χ0n) is 7.67. The van der Waals surface area contributed by atoms with Crippen LogP contribution in [0.15, 0.2) is 29.2 Å². The van der Waals surface area contributed by atoms with Crippen molar-refractivity contribution in [2.45, 2.75) is 4.90 Å². The lowest BCUT2D eigenvalue weighted by atomic mass is 10.3. The van der Waals surface area contributed by atoms with Gasteiger partial charge in [0.1, 0.15) is 0 Å². The molecular weight excluding hydrogens is 220 g/mol. The Balaban J connectivity index is 2.86. The third-order valence-electron chi connectivity index (χ3n) is 1.62. The van der Waals surface area contributed by atoms with Crippen molar-refractivity contribution >= 4 is 21.7 Å². The minimum Gasteiger partial charge on any atom is -0.325 e. The van der Waals surface area contributed by atoms with Crippen molar-refractivity contribution < 1.29 is 17.8 Å². The van der Waals surface area contributed by atoms with Gasteiger partial charge in [-0.25, -0.2) is 0 Å². The number of benzene rings is 1. The molecule has 15 heavy (non-hydrogen) atoms. The summed E-state index contributed by atoms with van der Waals surface area (Å²) in [5, 5.41) is 2.43. The summed E-state index contributed by atoms with van der Waals surface area (Å²) in [6, 6.07) is 5.08. The average molecular weight is 230 g/mol. The van der Waals surface area contributed by atoms with Crippen molar-refractivity contribution in [2.24, 2.45) is 5.73 Å². The van der Waals surface area contributed by atoms with Crippen molar-refractivity contribution in [2.75, 3.05) is 11.9 Å². The summed E-state index contributed by atoms with van der Waals surface area (Å²) < 4.78 is 30.0. The second-order valence-corrected chi connectivity index (χ2v) is 4.17. The van der Waals surface area contributed by atoms with E-state index in [1.165, 1.54) is 24.3 Å². The number of rotatable bonds is 3. The number of anilines is 1. The fourth-order valence-corrected chi connectivity index (χ4v) is 1.40. The number of carbonyl (C=O) groups excluding carboxylic acids is 1. The molecule has 0 spiro atoms. The van der Waals surface area contributed by atoms with Crippen molar-refractivity contribution in [1.82, 2.24) is 0 Å². The Morgan fingerprint density at radius 2 is 1.87 bits per heavy atom. The zero-order valence-corrected chi connectivity index (χ0v) is 8.49. The first-order valence-corrected chi connectivity index (χ1v) is 5.45. The summed E-state index contributed by atoms with van der Waals surface area (Å²) in [5.41, 5.74) is 5.49. The molecule has 0 unspecified atom stereocenters. The van der Waals surface area contributed by atoms with Crippen molar-refractivity contribution in [3.8, 4) is 0 Å². The van der Waals surface area contributed by atoms with Crippen LogP contribution in [0.5, 0.6) is 0 Å². The van der Waals surface area contributed by atoms with E-state index in [2.05, 4.69) is 5.32 Å². The molecule has 0 saturated carbocycles. The molecule has 6 nitrogen and oxygen atoms in total. The lowest BCUT2D eigenvalue weighted by Crippen LogP contribution is -2.21. The Morgan fingerprint density at radius 1 is 1.33 bits per heavy atom. The molecule has 82 valence electrons. The predicted molar refractivity (Wildman–Crippen MR) is 53.9 cm³/mol. The Kier molecular flexibility index (Phi) is 3.40. The van der Waals surface area contributed by atoms with Gasteiger partial charge in [-0.15, -0.1) is 0 Å². The summed E-state index contributed by atoms with van der Waals surface area (Å²) in [7, 11) is -4.19. The maximum atomic E-state index is 10.9. The zero-order chi connectivity index (χ0) is 11.5. The van der Waals surface area contributed by atoms with Gasteiger partial charge in [0.05, 0.1) is 11.4 Å². The van der Waals surface area contributed by atoms with Crippen LogP contribution >= 0.6 is 0 Å². The van der Waals surface area contributed by atoms with Gasteiger partial charge in [0.15, 0.2) is 0 Å². The van der Waals surface area contributed by atoms with E-state index in [1.54, 1.807) is 0 Å². The molecular formula is C8H10N2O4S. The van der Waals surface area contributed by atoms with Crippen LogP contribution in [0.25, 0.3) is 0 Å². The molecule has 1 rings (SSSR count).